The Kier molecular flexibility index (Phi) is 7.43. The number of ether oxygens (including phenoxy) is 7. The molecule has 0 saturated carbocycles. The molecular weight excluding hydrogens is 464 g/mol. The van der Waals surface area contributed by atoms with Crippen LogP contribution in [0.1, 0.15) is 51.3 Å². The van der Waals surface area contributed by atoms with Crippen molar-refractivity contribution in [3.8, 4) is 45.6 Å². The lowest BCUT2D eigenvalue weighted by atomic mass is 9.75. The SMILES string of the molecule is CC[C@H](C)C(=O)O[C@H]1c2cc3c(c(OC)c2-c2c(cc(OC)c(OC)c2OC)C[C@@H](C)[C@H]1C)OCO3. The highest BCUT2D eigenvalue weighted by atomic mass is 16.7. The predicted octanol–water partition coefficient (Wildman–Crippen LogP) is 5.58. The zero-order valence-electron chi connectivity index (χ0n) is 22.4. The molecular formula is C28H36O8. The van der Waals surface area contributed by atoms with E-state index in [4.69, 9.17) is 33.2 Å². The van der Waals surface area contributed by atoms with Gasteiger partial charge >= 0.3 is 5.97 Å². The molecule has 4 atom stereocenters. The van der Waals surface area contributed by atoms with Gasteiger partial charge in [-0.3, -0.25) is 4.79 Å². The summed E-state index contributed by atoms with van der Waals surface area (Å²) >= 11 is 0. The van der Waals surface area contributed by atoms with Gasteiger partial charge in [-0.2, -0.15) is 0 Å². The van der Waals surface area contributed by atoms with Crippen molar-refractivity contribution in [2.75, 3.05) is 35.2 Å². The summed E-state index contributed by atoms with van der Waals surface area (Å²) in [6.07, 6.45) is 0.855. The second-order valence-electron chi connectivity index (χ2n) is 9.49. The maximum atomic E-state index is 13.1. The molecule has 0 unspecified atom stereocenters. The van der Waals surface area contributed by atoms with Gasteiger partial charge in [0.05, 0.1) is 34.4 Å². The molecule has 0 saturated heterocycles. The van der Waals surface area contributed by atoms with Crippen LogP contribution >= 0.6 is 0 Å². The molecule has 2 aromatic rings. The molecule has 36 heavy (non-hydrogen) atoms. The molecule has 4 rings (SSSR count). The second kappa shape index (κ2) is 10.4. The largest absolute Gasteiger partial charge is 0.493 e. The van der Waals surface area contributed by atoms with Crippen LogP contribution in [-0.2, 0) is 16.0 Å². The maximum absolute atomic E-state index is 13.1. The zero-order valence-corrected chi connectivity index (χ0v) is 22.4. The Bertz CT molecular complexity index is 1140. The van der Waals surface area contributed by atoms with E-state index >= 15 is 0 Å². The minimum absolute atomic E-state index is 0.00549. The summed E-state index contributed by atoms with van der Waals surface area (Å²) in [5.41, 5.74) is 3.31. The molecule has 8 nitrogen and oxygen atoms in total. The number of carbonyl (C=O) groups is 1. The fourth-order valence-electron chi connectivity index (χ4n) is 5.04. The molecule has 0 radical (unpaired) electrons. The van der Waals surface area contributed by atoms with E-state index in [9.17, 15) is 4.79 Å². The van der Waals surface area contributed by atoms with E-state index < -0.39 is 6.10 Å². The number of hydrogen-bond donors (Lipinski definition) is 0. The van der Waals surface area contributed by atoms with Crippen LogP contribution in [0.2, 0.25) is 0 Å². The number of benzene rings is 2. The van der Waals surface area contributed by atoms with Crippen LogP contribution in [0, 0.1) is 17.8 Å². The van der Waals surface area contributed by atoms with Gasteiger partial charge in [0.1, 0.15) is 6.10 Å². The summed E-state index contributed by atoms with van der Waals surface area (Å²) in [5.74, 6) is 2.82. The third kappa shape index (κ3) is 4.16. The molecule has 1 aliphatic carbocycles. The summed E-state index contributed by atoms with van der Waals surface area (Å²) in [7, 11) is 6.38. The van der Waals surface area contributed by atoms with Crippen molar-refractivity contribution < 1.29 is 38.0 Å². The van der Waals surface area contributed by atoms with Crippen molar-refractivity contribution in [3.05, 3.63) is 23.3 Å². The van der Waals surface area contributed by atoms with Crippen LogP contribution in [-0.4, -0.2) is 41.2 Å². The van der Waals surface area contributed by atoms with E-state index in [1.165, 1.54) is 0 Å². The molecule has 0 spiro atoms. The zero-order chi connectivity index (χ0) is 26.1. The Morgan fingerprint density at radius 2 is 1.67 bits per heavy atom. The Morgan fingerprint density at radius 3 is 2.28 bits per heavy atom. The summed E-state index contributed by atoms with van der Waals surface area (Å²) in [6, 6.07) is 3.89. The van der Waals surface area contributed by atoms with Crippen LogP contribution in [0.3, 0.4) is 0 Å². The fraction of sp³-hybridized carbons (Fsp3) is 0.536. The number of hydrogen-bond acceptors (Lipinski definition) is 8. The number of methoxy groups -OCH3 is 4. The van der Waals surface area contributed by atoms with Gasteiger partial charge in [-0.15, -0.1) is 0 Å². The molecule has 196 valence electrons. The molecule has 2 aromatic carbocycles. The van der Waals surface area contributed by atoms with Crippen LogP contribution in [0.5, 0.6) is 34.5 Å². The van der Waals surface area contributed by atoms with Gasteiger partial charge in [0.25, 0.3) is 0 Å². The average molecular weight is 501 g/mol. The lowest BCUT2D eigenvalue weighted by Crippen LogP contribution is -2.28. The third-order valence-corrected chi connectivity index (χ3v) is 7.50. The van der Waals surface area contributed by atoms with E-state index in [0.29, 0.717) is 47.3 Å². The van der Waals surface area contributed by atoms with Crippen molar-refractivity contribution in [2.24, 2.45) is 17.8 Å². The van der Waals surface area contributed by atoms with Crippen molar-refractivity contribution in [1.82, 2.24) is 0 Å². The highest BCUT2D eigenvalue weighted by Gasteiger charge is 2.40. The monoisotopic (exact) mass is 500 g/mol. The normalized spacial score (nSPS) is 20.8. The van der Waals surface area contributed by atoms with E-state index in [2.05, 4.69) is 13.8 Å². The lowest BCUT2D eigenvalue weighted by Gasteiger charge is -2.35. The van der Waals surface area contributed by atoms with Crippen LogP contribution in [0.25, 0.3) is 11.1 Å². The summed E-state index contributed by atoms with van der Waals surface area (Å²) in [4.78, 5) is 13.1. The first-order valence-electron chi connectivity index (χ1n) is 12.3. The van der Waals surface area contributed by atoms with Gasteiger partial charge < -0.3 is 33.2 Å². The first-order chi connectivity index (χ1) is 17.3. The molecule has 8 heteroatoms. The molecule has 0 N–H and O–H groups in total. The van der Waals surface area contributed by atoms with E-state index in [1.54, 1.807) is 28.4 Å². The first kappa shape index (κ1) is 25.8. The highest BCUT2D eigenvalue weighted by molar-refractivity contribution is 5.89. The maximum Gasteiger partial charge on any atom is 0.309 e. The molecule has 2 aliphatic rings. The minimum atomic E-state index is -0.536. The minimum Gasteiger partial charge on any atom is -0.493 e. The van der Waals surface area contributed by atoms with Crippen LogP contribution < -0.4 is 28.4 Å². The average Bonchev–Trinajstić information content (AvgIpc) is 3.36. The molecule has 0 fully saturated rings. The van der Waals surface area contributed by atoms with Crippen LogP contribution in [0.15, 0.2) is 12.1 Å². The Labute approximate surface area is 212 Å². The summed E-state index contributed by atoms with van der Waals surface area (Å²) in [5, 5.41) is 0. The highest BCUT2D eigenvalue weighted by Crippen LogP contribution is 2.58. The van der Waals surface area contributed by atoms with Gasteiger partial charge in [-0.1, -0.05) is 27.7 Å². The number of rotatable bonds is 7. The molecule has 1 heterocycles. The first-order valence-corrected chi connectivity index (χ1v) is 12.3. The Balaban J connectivity index is 2.10. The fourth-order valence-corrected chi connectivity index (χ4v) is 5.04. The van der Waals surface area contributed by atoms with Crippen molar-refractivity contribution in [3.63, 3.8) is 0 Å². The van der Waals surface area contributed by atoms with Gasteiger partial charge in [0.15, 0.2) is 23.0 Å². The van der Waals surface area contributed by atoms with Gasteiger partial charge in [-0.25, -0.2) is 0 Å². The summed E-state index contributed by atoms with van der Waals surface area (Å²) < 4.78 is 41.1. The molecule has 0 bridgehead atoms. The summed E-state index contributed by atoms with van der Waals surface area (Å²) in [6.45, 7) is 8.22. The molecule has 0 aromatic heterocycles. The van der Waals surface area contributed by atoms with Crippen molar-refractivity contribution >= 4 is 5.97 Å². The third-order valence-electron chi connectivity index (χ3n) is 7.50. The van der Waals surface area contributed by atoms with Gasteiger partial charge in [-0.05, 0) is 36.5 Å². The quantitative estimate of drug-likeness (QED) is 0.456. The van der Waals surface area contributed by atoms with Crippen molar-refractivity contribution in [2.45, 2.75) is 46.6 Å². The van der Waals surface area contributed by atoms with Gasteiger partial charge in [0.2, 0.25) is 18.3 Å². The Morgan fingerprint density at radius 1 is 0.972 bits per heavy atom. The van der Waals surface area contributed by atoms with E-state index in [0.717, 1.165) is 22.3 Å². The number of esters is 1. The van der Waals surface area contributed by atoms with Crippen molar-refractivity contribution in [1.29, 1.82) is 0 Å². The molecule has 1 aliphatic heterocycles. The van der Waals surface area contributed by atoms with Crippen LogP contribution in [0.4, 0.5) is 0 Å². The Hall–Kier alpha value is -3.29. The molecule has 0 amide bonds. The second-order valence-corrected chi connectivity index (χ2v) is 9.49. The number of fused-ring (bicyclic) bond motifs is 4. The predicted molar refractivity (Wildman–Crippen MR) is 135 cm³/mol. The number of carbonyl (C=O) groups excluding carboxylic acids is 1. The van der Waals surface area contributed by atoms with E-state index in [1.807, 2.05) is 26.0 Å². The standard InChI is InChI=1S/C28H36O8/c1-9-14(2)28(29)36-23-16(4)15(3)10-17-11-19(30-5)24(31-6)26(32-7)21(17)22-18(23)12-20-25(27(22)33-8)35-13-34-20/h11-12,14-16,23H,9-10,13H2,1-8H3/t14-,15+,16+,23+/m0/s1. The smallest absolute Gasteiger partial charge is 0.309 e. The lowest BCUT2D eigenvalue weighted by molar-refractivity contribution is -0.157. The van der Waals surface area contributed by atoms with E-state index in [-0.39, 0.29) is 30.5 Å². The van der Waals surface area contributed by atoms with Gasteiger partial charge in [0, 0.05) is 22.6 Å². The topological polar surface area (TPSA) is 81.7 Å².